The number of rotatable bonds is 4. The molecule has 1 aromatic carbocycles. The van der Waals surface area contributed by atoms with Gasteiger partial charge in [0, 0.05) is 16.8 Å². The molecule has 0 unspecified atom stereocenters. The van der Waals surface area contributed by atoms with Crippen LogP contribution in [0.1, 0.15) is 10.4 Å². The molecule has 0 spiro atoms. The Balaban J connectivity index is 1.98. The second-order valence-electron chi connectivity index (χ2n) is 3.39. The minimum Gasteiger partial charge on any atom is -0.293 e. The van der Waals surface area contributed by atoms with E-state index in [1.165, 1.54) is 11.8 Å². The highest BCUT2D eigenvalue weighted by Gasteiger charge is 2.07. The average molecular weight is 264 g/mol. The van der Waals surface area contributed by atoms with Crippen molar-refractivity contribution in [3.63, 3.8) is 0 Å². The van der Waals surface area contributed by atoms with Crippen molar-refractivity contribution >= 4 is 29.1 Å². The van der Waals surface area contributed by atoms with Gasteiger partial charge < -0.3 is 0 Å². The Morgan fingerprint density at radius 2 is 2.12 bits per heavy atom. The molecule has 1 heterocycles. The van der Waals surface area contributed by atoms with E-state index in [2.05, 4.69) is 4.98 Å². The van der Waals surface area contributed by atoms with Crippen LogP contribution in [0, 0.1) is 0 Å². The van der Waals surface area contributed by atoms with Crippen molar-refractivity contribution in [2.75, 3.05) is 5.75 Å². The largest absolute Gasteiger partial charge is 0.293 e. The Labute approximate surface area is 109 Å². The first-order valence-electron chi connectivity index (χ1n) is 5.08. The molecule has 86 valence electrons. The smallest absolute Gasteiger partial charge is 0.173 e. The molecular formula is C13H10ClNOS. The van der Waals surface area contributed by atoms with Gasteiger partial charge in [-0.1, -0.05) is 41.6 Å². The first-order valence-corrected chi connectivity index (χ1v) is 6.44. The van der Waals surface area contributed by atoms with Crippen LogP contribution in [0.15, 0.2) is 53.7 Å². The van der Waals surface area contributed by atoms with E-state index in [-0.39, 0.29) is 5.78 Å². The second kappa shape index (κ2) is 5.84. The molecule has 0 fully saturated rings. The number of benzene rings is 1. The molecule has 0 saturated heterocycles. The lowest BCUT2D eigenvalue weighted by molar-refractivity contribution is 0.102. The number of pyridine rings is 1. The number of carbonyl (C=O) groups excluding carboxylic acids is 1. The third kappa shape index (κ3) is 3.58. The van der Waals surface area contributed by atoms with Crippen LogP contribution in [-0.4, -0.2) is 16.5 Å². The van der Waals surface area contributed by atoms with Gasteiger partial charge in [0.2, 0.25) is 0 Å². The first-order chi connectivity index (χ1) is 8.25. The number of hydrogen-bond acceptors (Lipinski definition) is 3. The molecule has 0 bridgehead atoms. The summed E-state index contributed by atoms with van der Waals surface area (Å²) < 4.78 is 0. The van der Waals surface area contributed by atoms with Gasteiger partial charge in [-0.05, 0) is 24.3 Å². The summed E-state index contributed by atoms with van der Waals surface area (Å²) >= 11 is 7.26. The summed E-state index contributed by atoms with van der Waals surface area (Å²) in [5.41, 5.74) is 0.640. The summed E-state index contributed by atoms with van der Waals surface area (Å²) in [5.74, 6) is 0.431. The topological polar surface area (TPSA) is 30.0 Å². The number of Topliss-reactive ketones (excluding diaryl/α,β-unsaturated/α-hetero) is 1. The van der Waals surface area contributed by atoms with Crippen LogP contribution in [0.5, 0.6) is 0 Å². The summed E-state index contributed by atoms with van der Waals surface area (Å²) in [6, 6.07) is 12.6. The molecule has 2 aromatic rings. The van der Waals surface area contributed by atoms with Gasteiger partial charge in [0.25, 0.3) is 0 Å². The van der Waals surface area contributed by atoms with E-state index < -0.39 is 0 Å². The summed E-state index contributed by atoms with van der Waals surface area (Å²) in [7, 11) is 0. The Kier molecular flexibility index (Phi) is 4.18. The number of thioether (sulfide) groups is 1. The Morgan fingerprint density at radius 1 is 1.24 bits per heavy atom. The fraction of sp³-hybridized carbons (Fsp3) is 0.0769. The van der Waals surface area contributed by atoms with E-state index in [9.17, 15) is 4.79 Å². The molecule has 4 heteroatoms. The standard InChI is InChI=1S/C13H10ClNOS/c14-11-5-3-4-10(8-11)12(16)9-17-13-6-1-2-7-15-13/h1-8H,9H2. The molecular weight excluding hydrogens is 254 g/mol. The third-order valence-electron chi connectivity index (χ3n) is 2.14. The Bertz CT molecular complexity index is 516. The Hall–Kier alpha value is -1.32. The molecule has 1 aromatic heterocycles. The maximum Gasteiger partial charge on any atom is 0.173 e. The van der Waals surface area contributed by atoms with Crippen LogP contribution in [-0.2, 0) is 0 Å². The van der Waals surface area contributed by atoms with Crippen molar-refractivity contribution in [3.8, 4) is 0 Å². The fourth-order valence-corrected chi connectivity index (χ4v) is 2.26. The van der Waals surface area contributed by atoms with Gasteiger partial charge in [0.1, 0.15) is 0 Å². The SMILES string of the molecule is O=C(CSc1ccccn1)c1cccc(Cl)c1. The zero-order valence-corrected chi connectivity index (χ0v) is 10.5. The predicted molar refractivity (Wildman–Crippen MR) is 70.7 cm³/mol. The minimum absolute atomic E-state index is 0.0585. The van der Waals surface area contributed by atoms with E-state index >= 15 is 0 Å². The molecule has 0 atom stereocenters. The van der Waals surface area contributed by atoms with Gasteiger partial charge >= 0.3 is 0 Å². The normalized spacial score (nSPS) is 10.2. The molecule has 0 amide bonds. The zero-order chi connectivity index (χ0) is 12.1. The van der Waals surface area contributed by atoms with Crippen LogP contribution in [0.3, 0.4) is 0 Å². The van der Waals surface area contributed by atoms with Crippen molar-refractivity contribution in [2.45, 2.75) is 5.03 Å². The lowest BCUT2D eigenvalue weighted by Gasteiger charge is -2.01. The first kappa shape index (κ1) is 12.1. The predicted octanol–water partition coefficient (Wildman–Crippen LogP) is 3.71. The van der Waals surface area contributed by atoms with E-state index in [1.807, 2.05) is 18.2 Å². The quantitative estimate of drug-likeness (QED) is 0.622. The van der Waals surface area contributed by atoms with Gasteiger partial charge in [0.05, 0.1) is 10.8 Å². The number of halogens is 1. The van der Waals surface area contributed by atoms with Gasteiger partial charge in [-0.2, -0.15) is 0 Å². The molecule has 17 heavy (non-hydrogen) atoms. The third-order valence-corrected chi connectivity index (χ3v) is 3.31. The lowest BCUT2D eigenvalue weighted by atomic mass is 10.1. The van der Waals surface area contributed by atoms with Crippen molar-refractivity contribution < 1.29 is 4.79 Å². The van der Waals surface area contributed by atoms with Gasteiger partial charge in [-0.15, -0.1) is 0 Å². The number of carbonyl (C=O) groups is 1. The van der Waals surface area contributed by atoms with Gasteiger partial charge in [-0.25, -0.2) is 4.98 Å². The van der Waals surface area contributed by atoms with Crippen LogP contribution >= 0.6 is 23.4 Å². The van der Waals surface area contributed by atoms with E-state index in [1.54, 1.807) is 30.5 Å². The average Bonchev–Trinajstić information content (AvgIpc) is 2.37. The maximum atomic E-state index is 11.9. The summed E-state index contributed by atoms with van der Waals surface area (Å²) in [5, 5.41) is 1.43. The van der Waals surface area contributed by atoms with Crippen molar-refractivity contribution in [2.24, 2.45) is 0 Å². The van der Waals surface area contributed by atoms with Crippen LogP contribution in [0.25, 0.3) is 0 Å². The van der Waals surface area contributed by atoms with E-state index in [0.29, 0.717) is 16.3 Å². The monoisotopic (exact) mass is 263 g/mol. The molecule has 0 aliphatic heterocycles. The minimum atomic E-state index is 0.0585. The summed E-state index contributed by atoms with van der Waals surface area (Å²) in [6.07, 6.45) is 1.71. The van der Waals surface area contributed by atoms with E-state index in [4.69, 9.17) is 11.6 Å². The molecule has 0 aliphatic carbocycles. The highest BCUT2D eigenvalue weighted by atomic mass is 35.5. The maximum absolute atomic E-state index is 11.9. The van der Waals surface area contributed by atoms with Crippen molar-refractivity contribution in [1.29, 1.82) is 0 Å². The molecule has 2 nitrogen and oxygen atoms in total. The van der Waals surface area contributed by atoms with Gasteiger partial charge in [0.15, 0.2) is 5.78 Å². The summed E-state index contributed by atoms with van der Waals surface area (Å²) in [4.78, 5) is 16.0. The van der Waals surface area contributed by atoms with E-state index in [0.717, 1.165) is 5.03 Å². The summed E-state index contributed by atoms with van der Waals surface area (Å²) in [6.45, 7) is 0. The van der Waals surface area contributed by atoms with Crippen LogP contribution in [0.4, 0.5) is 0 Å². The fourth-order valence-electron chi connectivity index (χ4n) is 1.32. The Morgan fingerprint density at radius 3 is 2.82 bits per heavy atom. The highest BCUT2D eigenvalue weighted by Crippen LogP contribution is 2.17. The second-order valence-corrected chi connectivity index (χ2v) is 4.82. The highest BCUT2D eigenvalue weighted by molar-refractivity contribution is 7.99. The van der Waals surface area contributed by atoms with Crippen LogP contribution < -0.4 is 0 Å². The van der Waals surface area contributed by atoms with Crippen molar-refractivity contribution in [1.82, 2.24) is 4.98 Å². The molecule has 0 aliphatic rings. The molecule has 0 N–H and O–H groups in total. The zero-order valence-electron chi connectivity index (χ0n) is 8.97. The molecule has 0 radical (unpaired) electrons. The number of ketones is 1. The lowest BCUT2D eigenvalue weighted by Crippen LogP contribution is -2.02. The number of nitrogens with zero attached hydrogens (tertiary/aromatic N) is 1. The van der Waals surface area contributed by atoms with Gasteiger partial charge in [-0.3, -0.25) is 4.79 Å². The molecule has 2 rings (SSSR count). The number of aromatic nitrogens is 1. The van der Waals surface area contributed by atoms with Crippen molar-refractivity contribution in [3.05, 3.63) is 59.2 Å². The number of hydrogen-bond donors (Lipinski definition) is 0. The van der Waals surface area contributed by atoms with Crippen LogP contribution in [0.2, 0.25) is 5.02 Å². The molecule has 0 saturated carbocycles.